The molecule has 0 aliphatic carbocycles. The minimum absolute atomic E-state index is 0.0245. The summed E-state index contributed by atoms with van der Waals surface area (Å²) in [5, 5.41) is 12.1. The highest BCUT2D eigenvalue weighted by atomic mass is 19.4. The van der Waals surface area contributed by atoms with Crippen molar-refractivity contribution in [3.8, 4) is 0 Å². The number of ketones is 1. The van der Waals surface area contributed by atoms with Gasteiger partial charge in [-0.1, -0.05) is 57.0 Å². The van der Waals surface area contributed by atoms with E-state index in [0.29, 0.717) is 51.4 Å². The zero-order valence-corrected chi connectivity index (χ0v) is 22.0. The number of carboxylic acids is 1. The van der Waals surface area contributed by atoms with Crippen molar-refractivity contribution in [1.82, 2.24) is 10.6 Å². The number of aryl methyl sites for hydroxylation is 1. The first-order chi connectivity index (χ1) is 18.1. The van der Waals surface area contributed by atoms with Crippen molar-refractivity contribution in [2.75, 3.05) is 13.1 Å². The van der Waals surface area contributed by atoms with Gasteiger partial charge in [-0.15, -0.1) is 0 Å². The van der Waals surface area contributed by atoms with E-state index in [0.717, 1.165) is 5.56 Å². The van der Waals surface area contributed by atoms with Crippen LogP contribution in [-0.4, -0.2) is 54.1 Å². The largest absolute Gasteiger partial charge is 0.481 e. The predicted octanol–water partition coefficient (Wildman–Crippen LogP) is 5.23. The molecular weight excluding hydrogens is 534 g/mol. The highest BCUT2D eigenvalue weighted by Crippen LogP contribution is 2.16. The summed E-state index contributed by atoms with van der Waals surface area (Å²) >= 11 is 0. The van der Waals surface area contributed by atoms with Gasteiger partial charge < -0.3 is 15.7 Å². The molecule has 2 amide bonds. The Morgan fingerprint density at radius 3 is 1.59 bits per heavy atom. The Hall–Kier alpha value is -3.12. The molecule has 1 rings (SSSR count). The van der Waals surface area contributed by atoms with Crippen LogP contribution in [0.3, 0.4) is 0 Å². The third-order valence-corrected chi connectivity index (χ3v) is 5.69. The molecule has 0 saturated carbocycles. The standard InChI is InChI=1S/C17H22F3NO2.C9H14F3NO3/c1-13(7-5-6-12-21-16(23)17(18,19)20)15(22)11-10-14-8-3-2-4-9-14;1-6(7(14)15)4-2-3-5-13-8(16)9(10,11)12/h2-4,8-9,13H,5-7,10-12H2,1H3,(H,21,23);6H,2-5H2,1H3,(H,13,16)(H,14,15)/t13-;6-/m00/s1. The number of hydrogen-bond donors (Lipinski definition) is 3. The second-order valence-electron chi connectivity index (χ2n) is 9.09. The summed E-state index contributed by atoms with van der Waals surface area (Å²) in [4.78, 5) is 43.3. The van der Waals surface area contributed by atoms with Crippen molar-refractivity contribution in [3.63, 3.8) is 0 Å². The molecule has 0 fully saturated rings. The molecule has 39 heavy (non-hydrogen) atoms. The van der Waals surface area contributed by atoms with Crippen molar-refractivity contribution in [3.05, 3.63) is 35.9 Å². The Bertz CT molecular complexity index is 891. The van der Waals surface area contributed by atoms with Gasteiger partial charge in [0.1, 0.15) is 5.78 Å². The number of hydrogen-bond acceptors (Lipinski definition) is 4. The first-order valence-electron chi connectivity index (χ1n) is 12.5. The maximum atomic E-state index is 12.0. The van der Waals surface area contributed by atoms with Crippen LogP contribution in [0.2, 0.25) is 0 Å². The van der Waals surface area contributed by atoms with Crippen molar-refractivity contribution < 1.29 is 50.6 Å². The van der Waals surface area contributed by atoms with E-state index in [9.17, 15) is 45.5 Å². The molecule has 7 nitrogen and oxygen atoms in total. The van der Waals surface area contributed by atoms with Gasteiger partial charge in [0.15, 0.2) is 0 Å². The molecule has 0 spiro atoms. The lowest BCUT2D eigenvalue weighted by atomic mass is 9.95. The van der Waals surface area contributed by atoms with E-state index in [-0.39, 0.29) is 24.8 Å². The molecule has 1 aromatic carbocycles. The lowest BCUT2D eigenvalue weighted by Gasteiger charge is -2.11. The Balaban J connectivity index is 0.000000794. The average Bonchev–Trinajstić information content (AvgIpc) is 2.86. The zero-order chi connectivity index (χ0) is 30.1. The van der Waals surface area contributed by atoms with Crippen molar-refractivity contribution >= 4 is 23.6 Å². The number of rotatable bonds is 15. The molecule has 13 heteroatoms. The minimum Gasteiger partial charge on any atom is -0.481 e. The van der Waals surface area contributed by atoms with Crippen LogP contribution in [0.4, 0.5) is 26.3 Å². The normalized spacial score (nSPS) is 12.9. The Labute approximate surface area is 223 Å². The Morgan fingerprint density at radius 2 is 1.18 bits per heavy atom. The number of halogens is 6. The van der Waals surface area contributed by atoms with Crippen LogP contribution < -0.4 is 10.6 Å². The van der Waals surface area contributed by atoms with Crippen LogP contribution in [0.25, 0.3) is 0 Å². The fourth-order valence-corrected chi connectivity index (χ4v) is 3.20. The van der Waals surface area contributed by atoms with E-state index in [1.165, 1.54) is 6.92 Å². The van der Waals surface area contributed by atoms with E-state index in [1.54, 1.807) is 5.32 Å². The van der Waals surface area contributed by atoms with Gasteiger partial charge in [0.2, 0.25) is 0 Å². The van der Waals surface area contributed by atoms with E-state index in [4.69, 9.17) is 5.11 Å². The van der Waals surface area contributed by atoms with E-state index in [1.807, 2.05) is 42.6 Å². The molecule has 2 atom stereocenters. The highest BCUT2D eigenvalue weighted by molar-refractivity contribution is 5.82. The molecule has 0 radical (unpaired) electrons. The van der Waals surface area contributed by atoms with Gasteiger partial charge in [-0.2, -0.15) is 26.3 Å². The number of aliphatic carboxylic acids is 1. The molecule has 0 bridgehead atoms. The lowest BCUT2D eigenvalue weighted by molar-refractivity contribution is -0.173. The van der Waals surface area contributed by atoms with Crippen LogP contribution in [0.15, 0.2) is 30.3 Å². The Morgan fingerprint density at radius 1 is 0.744 bits per heavy atom. The number of amides is 2. The highest BCUT2D eigenvalue weighted by Gasteiger charge is 2.38. The summed E-state index contributed by atoms with van der Waals surface area (Å²) in [6.07, 6.45) is -5.68. The number of carboxylic acid groups (broad SMARTS) is 1. The third-order valence-electron chi connectivity index (χ3n) is 5.69. The van der Waals surface area contributed by atoms with Crippen LogP contribution >= 0.6 is 0 Å². The fraction of sp³-hybridized carbons (Fsp3) is 0.615. The molecule has 0 aromatic heterocycles. The third kappa shape index (κ3) is 17.9. The summed E-state index contributed by atoms with van der Waals surface area (Å²) in [5.41, 5.74) is 1.11. The van der Waals surface area contributed by atoms with Crippen LogP contribution in [0.1, 0.15) is 64.4 Å². The second kappa shape index (κ2) is 18.2. The molecule has 0 aliphatic rings. The molecule has 1 aromatic rings. The maximum Gasteiger partial charge on any atom is 0.471 e. The first-order valence-corrected chi connectivity index (χ1v) is 12.5. The number of Topliss-reactive ketones (excluding diaryl/α,β-unsaturated/α-hetero) is 1. The summed E-state index contributed by atoms with van der Waals surface area (Å²) in [5.74, 6) is -5.27. The number of alkyl halides is 6. The molecule has 222 valence electrons. The number of carbonyl (C=O) groups excluding carboxylic acids is 3. The predicted molar refractivity (Wildman–Crippen MR) is 132 cm³/mol. The monoisotopic (exact) mass is 570 g/mol. The average molecular weight is 571 g/mol. The minimum atomic E-state index is -4.85. The molecule has 0 aliphatic heterocycles. The quantitative estimate of drug-likeness (QED) is 0.198. The van der Waals surface area contributed by atoms with Crippen molar-refractivity contribution in [2.24, 2.45) is 11.8 Å². The molecule has 3 N–H and O–H groups in total. The van der Waals surface area contributed by atoms with Crippen LogP contribution in [0.5, 0.6) is 0 Å². The Kier molecular flexibility index (Phi) is 16.8. The summed E-state index contributed by atoms with van der Waals surface area (Å²) < 4.78 is 71.0. The number of benzene rings is 1. The second-order valence-corrected chi connectivity index (χ2v) is 9.09. The van der Waals surface area contributed by atoms with Gasteiger partial charge in [-0.05, 0) is 37.7 Å². The number of unbranched alkanes of at least 4 members (excludes halogenated alkanes) is 2. The van der Waals surface area contributed by atoms with E-state index >= 15 is 0 Å². The molecule has 0 heterocycles. The summed E-state index contributed by atoms with van der Waals surface area (Å²) in [6, 6.07) is 9.73. The topological polar surface area (TPSA) is 113 Å². The zero-order valence-electron chi connectivity index (χ0n) is 22.0. The van der Waals surface area contributed by atoms with Gasteiger partial charge >= 0.3 is 30.1 Å². The SMILES string of the molecule is C[C@@H](CCCCNC(=O)C(F)(F)F)C(=O)CCc1ccccc1.C[C@@H](CCCCNC(=O)C(F)(F)F)C(=O)O. The van der Waals surface area contributed by atoms with Gasteiger partial charge in [0.25, 0.3) is 0 Å². The number of carbonyl (C=O) groups is 4. The lowest BCUT2D eigenvalue weighted by Crippen LogP contribution is -2.37. The van der Waals surface area contributed by atoms with Gasteiger partial charge in [0.05, 0.1) is 5.92 Å². The fourth-order valence-electron chi connectivity index (χ4n) is 3.20. The van der Waals surface area contributed by atoms with Gasteiger partial charge in [0, 0.05) is 25.4 Å². The summed E-state index contributed by atoms with van der Waals surface area (Å²) in [6.45, 7) is 3.24. The molecular formula is C26H36F6N2O5. The van der Waals surface area contributed by atoms with Gasteiger partial charge in [-0.25, -0.2) is 0 Å². The first kappa shape index (κ1) is 35.9. The molecule has 0 saturated heterocycles. The van der Waals surface area contributed by atoms with Crippen molar-refractivity contribution in [2.45, 2.75) is 77.6 Å². The van der Waals surface area contributed by atoms with Gasteiger partial charge in [-0.3, -0.25) is 19.2 Å². The maximum absolute atomic E-state index is 12.0. The van der Waals surface area contributed by atoms with Crippen LogP contribution in [-0.2, 0) is 25.6 Å². The smallest absolute Gasteiger partial charge is 0.471 e. The van der Waals surface area contributed by atoms with E-state index < -0.39 is 36.1 Å². The number of nitrogens with one attached hydrogen (secondary N) is 2. The summed E-state index contributed by atoms with van der Waals surface area (Å²) in [7, 11) is 0. The molecule has 0 unspecified atom stereocenters. The van der Waals surface area contributed by atoms with Crippen LogP contribution in [0, 0.1) is 11.8 Å². The van der Waals surface area contributed by atoms with Crippen molar-refractivity contribution in [1.29, 1.82) is 0 Å². The van der Waals surface area contributed by atoms with E-state index in [2.05, 4.69) is 0 Å².